The van der Waals surface area contributed by atoms with Gasteiger partial charge in [-0.2, -0.15) is 0 Å². The van der Waals surface area contributed by atoms with E-state index < -0.39 is 0 Å². The molecule has 0 saturated carbocycles. The minimum atomic E-state index is -0.228. The van der Waals surface area contributed by atoms with Crippen LogP contribution in [0.5, 0.6) is 0 Å². The second-order valence-electron chi connectivity index (χ2n) is 3.45. The molecule has 0 aromatic heterocycles. The number of hydrogen-bond acceptors (Lipinski definition) is 3. The van der Waals surface area contributed by atoms with Crippen molar-refractivity contribution in [3.63, 3.8) is 0 Å². The molecule has 3 nitrogen and oxygen atoms in total. The van der Waals surface area contributed by atoms with Crippen LogP contribution in [-0.4, -0.2) is 19.3 Å². The van der Waals surface area contributed by atoms with Gasteiger partial charge >= 0.3 is 0 Å². The van der Waals surface area contributed by atoms with Gasteiger partial charge in [0, 0.05) is 18.3 Å². The molecular formula is C12H14FN3. The van der Waals surface area contributed by atoms with E-state index >= 15 is 0 Å². The van der Waals surface area contributed by atoms with Crippen LogP contribution in [0.25, 0.3) is 5.70 Å². The molecule has 0 amide bonds. The molecule has 0 aliphatic carbocycles. The first-order valence-electron chi connectivity index (χ1n) is 5.31. The Morgan fingerprint density at radius 3 is 2.81 bits per heavy atom. The Morgan fingerprint density at radius 2 is 2.12 bits per heavy atom. The van der Waals surface area contributed by atoms with Crippen molar-refractivity contribution < 1.29 is 4.39 Å². The minimum absolute atomic E-state index is 0.228. The Bertz CT molecular complexity index is 420. The Balaban J connectivity index is 2.35. The minimum Gasteiger partial charge on any atom is -0.377 e. The largest absolute Gasteiger partial charge is 0.377 e. The molecule has 1 aromatic rings. The van der Waals surface area contributed by atoms with Crippen molar-refractivity contribution in [2.24, 2.45) is 4.99 Å². The highest BCUT2D eigenvalue weighted by Crippen LogP contribution is 2.17. The molecule has 0 unspecified atom stereocenters. The molecule has 0 atom stereocenters. The van der Waals surface area contributed by atoms with E-state index in [1.165, 1.54) is 12.1 Å². The van der Waals surface area contributed by atoms with Crippen molar-refractivity contribution in [2.45, 2.75) is 6.92 Å². The quantitative estimate of drug-likeness (QED) is 0.812. The molecule has 2 rings (SSSR count). The topological polar surface area (TPSA) is 36.4 Å². The van der Waals surface area contributed by atoms with Gasteiger partial charge in [0.2, 0.25) is 0 Å². The van der Waals surface area contributed by atoms with Gasteiger partial charge in [-0.15, -0.1) is 0 Å². The Kier molecular flexibility index (Phi) is 3.19. The van der Waals surface area contributed by atoms with Gasteiger partial charge in [-0.1, -0.05) is 0 Å². The predicted molar refractivity (Wildman–Crippen MR) is 63.5 cm³/mol. The van der Waals surface area contributed by atoms with E-state index in [1.54, 1.807) is 12.1 Å². The molecule has 16 heavy (non-hydrogen) atoms. The summed E-state index contributed by atoms with van der Waals surface area (Å²) < 4.78 is 12.8. The lowest BCUT2D eigenvalue weighted by molar-refractivity contribution is 0.627. The first-order chi connectivity index (χ1) is 7.81. The molecule has 0 saturated heterocycles. The van der Waals surface area contributed by atoms with Crippen LogP contribution in [-0.2, 0) is 0 Å². The molecule has 0 bridgehead atoms. The van der Waals surface area contributed by atoms with Gasteiger partial charge in [0.25, 0.3) is 0 Å². The van der Waals surface area contributed by atoms with Gasteiger partial charge in [-0.3, -0.25) is 0 Å². The normalized spacial score (nSPS) is 14.9. The SMILES string of the molecule is CCNC1=C(c2ccc(F)cc2)NCC=N1. The highest BCUT2D eigenvalue weighted by atomic mass is 19.1. The lowest BCUT2D eigenvalue weighted by Gasteiger charge is -2.18. The summed E-state index contributed by atoms with van der Waals surface area (Å²) in [6, 6.07) is 6.39. The summed E-state index contributed by atoms with van der Waals surface area (Å²) in [7, 11) is 0. The molecule has 1 heterocycles. The summed E-state index contributed by atoms with van der Waals surface area (Å²) in [6.07, 6.45) is 1.81. The zero-order valence-electron chi connectivity index (χ0n) is 9.13. The van der Waals surface area contributed by atoms with Crippen LogP contribution in [0.1, 0.15) is 12.5 Å². The number of halogens is 1. The summed E-state index contributed by atoms with van der Waals surface area (Å²) in [5, 5.41) is 6.41. The van der Waals surface area contributed by atoms with Crippen molar-refractivity contribution >= 4 is 11.9 Å². The van der Waals surface area contributed by atoms with Crippen LogP contribution >= 0.6 is 0 Å². The van der Waals surface area contributed by atoms with Gasteiger partial charge in [-0.05, 0) is 31.2 Å². The first kappa shape index (κ1) is 10.7. The zero-order chi connectivity index (χ0) is 11.4. The standard InChI is InChI=1S/C12H14FN3/c1-2-14-12-11(15-7-8-16-12)9-3-5-10(13)6-4-9/h3-6,8,14-15H,2,7H2,1H3. The van der Waals surface area contributed by atoms with Gasteiger partial charge < -0.3 is 10.6 Å². The van der Waals surface area contributed by atoms with Crippen molar-refractivity contribution in [2.75, 3.05) is 13.1 Å². The van der Waals surface area contributed by atoms with Gasteiger partial charge in [-0.25, -0.2) is 9.38 Å². The fourth-order valence-electron chi connectivity index (χ4n) is 1.59. The Hall–Kier alpha value is -1.84. The van der Waals surface area contributed by atoms with Crippen LogP contribution < -0.4 is 10.6 Å². The maximum absolute atomic E-state index is 12.8. The summed E-state index contributed by atoms with van der Waals surface area (Å²) in [5.41, 5.74) is 1.86. The smallest absolute Gasteiger partial charge is 0.149 e. The highest BCUT2D eigenvalue weighted by molar-refractivity contribution is 5.76. The third-order valence-electron chi connectivity index (χ3n) is 2.30. The number of hydrogen-bond donors (Lipinski definition) is 2. The van der Waals surface area contributed by atoms with E-state index in [4.69, 9.17) is 0 Å². The van der Waals surface area contributed by atoms with Gasteiger partial charge in [0.05, 0.1) is 12.2 Å². The van der Waals surface area contributed by atoms with Crippen LogP contribution in [0, 0.1) is 5.82 Å². The van der Waals surface area contributed by atoms with Crippen molar-refractivity contribution in [3.05, 3.63) is 41.5 Å². The second-order valence-corrected chi connectivity index (χ2v) is 3.45. The number of benzene rings is 1. The average molecular weight is 219 g/mol. The van der Waals surface area contributed by atoms with Crippen molar-refractivity contribution in [1.82, 2.24) is 10.6 Å². The van der Waals surface area contributed by atoms with Crippen LogP contribution in [0.15, 0.2) is 35.1 Å². The van der Waals surface area contributed by atoms with Crippen LogP contribution in [0.3, 0.4) is 0 Å². The predicted octanol–water partition coefficient (Wildman–Crippen LogP) is 1.74. The van der Waals surface area contributed by atoms with Gasteiger partial charge in [0.1, 0.15) is 11.6 Å². The molecule has 0 spiro atoms. The number of nitrogens with zero attached hydrogens (tertiary/aromatic N) is 1. The number of nitrogens with one attached hydrogen (secondary N) is 2. The highest BCUT2D eigenvalue weighted by Gasteiger charge is 2.10. The van der Waals surface area contributed by atoms with Crippen molar-refractivity contribution in [3.8, 4) is 0 Å². The van der Waals surface area contributed by atoms with E-state index in [-0.39, 0.29) is 5.82 Å². The summed E-state index contributed by atoms with van der Waals surface area (Å²) >= 11 is 0. The number of rotatable bonds is 3. The summed E-state index contributed by atoms with van der Waals surface area (Å²) in [4.78, 5) is 4.29. The number of aliphatic imine (C=N–C) groups is 1. The summed E-state index contributed by atoms with van der Waals surface area (Å²) in [5.74, 6) is 0.578. The van der Waals surface area contributed by atoms with E-state index in [0.717, 1.165) is 23.6 Å². The van der Waals surface area contributed by atoms with E-state index in [9.17, 15) is 4.39 Å². The lowest BCUT2D eigenvalue weighted by Crippen LogP contribution is -2.26. The third kappa shape index (κ3) is 2.21. The fraction of sp³-hybridized carbons (Fsp3) is 0.250. The molecule has 4 heteroatoms. The fourth-order valence-corrected chi connectivity index (χ4v) is 1.59. The molecular weight excluding hydrogens is 205 g/mol. The van der Waals surface area contributed by atoms with E-state index in [1.807, 2.05) is 13.1 Å². The molecule has 1 aromatic carbocycles. The second kappa shape index (κ2) is 4.79. The monoisotopic (exact) mass is 219 g/mol. The molecule has 84 valence electrons. The van der Waals surface area contributed by atoms with E-state index in [2.05, 4.69) is 15.6 Å². The molecule has 0 fully saturated rings. The average Bonchev–Trinajstić information content (AvgIpc) is 2.32. The first-order valence-corrected chi connectivity index (χ1v) is 5.31. The third-order valence-corrected chi connectivity index (χ3v) is 2.30. The van der Waals surface area contributed by atoms with Gasteiger partial charge in [0.15, 0.2) is 0 Å². The molecule has 1 aliphatic rings. The molecule has 1 aliphatic heterocycles. The lowest BCUT2D eigenvalue weighted by atomic mass is 10.1. The van der Waals surface area contributed by atoms with Crippen molar-refractivity contribution in [1.29, 1.82) is 0 Å². The molecule has 2 N–H and O–H groups in total. The maximum Gasteiger partial charge on any atom is 0.149 e. The summed E-state index contributed by atoms with van der Waals surface area (Å²) in [6.45, 7) is 3.51. The van der Waals surface area contributed by atoms with E-state index in [0.29, 0.717) is 6.54 Å². The maximum atomic E-state index is 12.8. The Labute approximate surface area is 94.1 Å². The van der Waals surface area contributed by atoms with Crippen LogP contribution in [0.4, 0.5) is 4.39 Å². The molecule has 0 radical (unpaired) electrons. The Morgan fingerprint density at radius 1 is 1.38 bits per heavy atom. The van der Waals surface area contributed by atoms with Crippen LogP contribution in [0.2, 0.25) is 0 Å². The zero-order valence-corrected chi connectivity index (χ0v) is 9.13.